The minimum atomic E-state index is 1.08. The van der Waals surface area contributed by atoms with Crippen molar-refractivity contribution in [1.29, 1.82) is 0 Å². The first-order valence-electron chi connectivity index (χ1n) is 22.4. The third-order valence-electron chi connectivity index (χ3n) is 13.0. The molecule has 0 saturated carbocycles. The topological polar surface area (TPSA) is 3.24 Å². The molecule has 0 aliphatic rings. The molecule has 0 unspecified atom stereocenters. The smallest absolute Gasteiger partial charge is 0.0546 e. The van der Waals surface area contributed by atoms with Gasteiger partial charge in [-0.1, -0.05) is 218 Å². The van der Waals surface area contributed by atoms with E-state index >= 15 is 0 Å². The molecule has 0 aliphatic carbocycles. The van der Waals surface area contributed by atoms with Crippen molar-refractivity contribution in [3.63, 3.8) is 0 Å². The minimum absolute atomic E-state index is 1.08. The van der Waals surface area contributed by atoms with Gasteiger partial charge in [0.1, 0.15) is 0 Å². The fraction of sp³-hybridized carbons (Fsp3) is 0. The molecule has 12 aromatic carbocycles. The molecule has 0 saturated heterocycles. The van der Waals surface area contributed by atoms with E-state index in [1.54, 1.807) is 0 Å². The predicted molar refractivity (Wildman–Crippen MR) is 278 cm³/mol. The van der Waals surface area contributed by atoms with Crippen LogP contribution in [0.1, 0.15) is 0 Å². The van der Waals surface area contributed by atoms with Crippen LogP contribution in [0.3, 0.4) is 0 Å². The van der Waals surface area contributed by atoms with Crippen molar-refractivity contribution in [3.05, 3.63) is 261 Å². The number of benzene rings is 12. The van der Waals surface area contributed by atoms with Crippen molar-refractivity contribution in [2.75, 3.05) is 4.90 Å². The monoisotopic (exact) mass is 825 g/mol. The van der Waals surface area contributed by atoms with Crippen molar-refractivity contribution in [3.8, 4) is 55.6 Å². The zero-order valence-electron chi connectivity index (χ0n) is 35.8. The maximum Gasteiger partial charge on any atom is 0.0546 e. The maximum atomic E-state index is 2.45. The molecule has 0 radical (unpaired) electrons. The molecule has 0 fully saturated rings. The molecule has 0 heterocycles. The van der Waals surface area contributed by atoms with Crippen LogP contribution in [0.25, 0.3) is 98.7 Å². The molecule has 0 atom stereocenters. The summed E-state index contributed by atoms with van der Waals surface area (Å²) in [5.41, 5.74) is 15.2. The molecule has 1 heteroatoms. The molecule has 0 aliphatic heterocycles. The highest BCUT2D eigenvalue weighted by Gasteiger charge is 2.21. The van der Waals surface area contributed by atoms with E-state index in [4.69, 9.17) is 0 Å². The highest BCUT2D eigenvalue weighted by Crippen LogP contribution is 2.46. The van der Waals surface area contributed by atoms with Crippen LogP contribution in [0.2, 0.25) is 0 Å². The highest BCUT2D eigenvalue weighted by atomic mass is 15.1. The Hall–Kier alpha value is -8.52. The van der Waals surface area contributed by atoms with Gasteiger partial charge in [-0.05, 0) is 136 Å². The fourth-order valence-electron chi connectivity index (χ4n) is 9.79. The molecule has 1 nitrogen and oxygen atoms in total. The number of nitrogens with zero attached hydrogens (tertiary/aromatic N) is 1. The third kappa shape index (κ3) is 7.10. The first-order valence-corrected chi connectivity index (χ1v) is 22.4. The largest absolute Gasteiger partial charge is 0.310 e. The molecule has 0 aromatic heterocycles. The summed E-state index contributed by atoms with van der Waals surface area (Å²) in [7, 11) is 0. The summed E-state index contributed by atoms with van der Waals surface area (Å²) in [6.07, 6.45) is 0. The van der Waals surface area contributed by atoms with Gasteiger partial charge in [0, 0.05) is 16.9 Å². The van der Waals surface area contributed by atoms with Gasteiger partial charge in [-0.2, -0.15) is 0 Å². The van der Waals surface area contributed by atoms with Gasteiger partial charge in [-0.25, -0.2) is 0 Å². The van der Waals surface area contributed by atoms with Gasteiger partial charge in [0.15, 0.2) is 0 Å². The van der Waals surface area contributed by atoms with E-state index in [9.17, 15) is 0 Å². The van der Waals surface area contributed by atoms with Crippen LogP contribution in [-0.2, 0) is 0 Å². The summed E-state index contributed by atoms with van der Waals surface area (Å²) in [4.78, 5) is 2.45. The molecular weight excluding hydrogens is 783 g/mol. The zero-order valence-corrected chi connectivity index (χ0v) is 35.8. The number of hydrogen-bond donors (Lipinski definition) is 0. The third-order valence-corrected chi connectivity index (χ3v) is 13.0. The molecule has 65 heavy (non-hydrogen) atoms. The van der Waals surface area contributed by atoms with Crippen LogP contribution in [0.15, 0.2) is 261 Å². The SMILES string of the molecule is c1cc(-c2ccc(N(c3ccc(-c4cccc5ccccc45)cc3)c3cc(-c4cccc5ccccc45)ccc3-c3cccc4ccccc34)cc2)cc(-c2ccc3ccccc3c2)c1. The lowest BCUT2D eigenvalue weighted by molar-refractivity contribution is 1.28. The van der Waals surface area contributed by atoms with Gasteiger partial charge in [0.2, 0.25) is 0 Å². The van der Waals surface area contributed by atoms with E-state index in [-0.39, 0.29) is 0 Å². The Morgan fingerprint density at radius 1 is 0.200 bits per heavy atom. The molecule has 304 valence electrons. The Balaban J connectivity index is 1.04. The Morgan fingerprint density at radius 3 is 1.23 bits per heavy atom. The highest BCUT2D eigenvalue weighted by molar-refractivity contribution is 6.04. The van der Waals surface area contributed by atoms with E-state index < -0.39 is 0 Å². The second kappa shape index (κ2) is 16.3. The van der Waals surface area contributed by atoms with Crippen LogP contribution in [-0.4, -0.2) is 0 Å². The van der Waals surface area contributed by atoms with Crippen LogP contribution in [0.5, 0.6) is 0 Å². The van der Waals surface area contributed by atoms with E-state index in [0.29, 0.717) is 0 Å². The molecule has 12 aromatic rings. The van der Waals surface area contributed by atoms with E-state index in [1.165, 1.54) is 93.2 Å². The van der Waals surface area contributed by atoms with E-state index in [0.717, 1.165) is 22.6 Å². The van der Waals surface area contributed by atoms with Crippen molar-refractivity contribution >= 4 is 60.2 Å². The van der Waals surface area contributed by atoms with Crippen molar-refractivity contribution in [1.82, 2.24) is 0 Å². The number of anilines is 3. The molecule has 0 spiro atoms. The summed E-state index contributed by atoms with van der Waals surface area (Å²) in [6, 6.07) is 95.5. The Morgan fingerprint density at radius 2 is 0.615 bits per heavy atom. The summed E-state index contributed by atoms with van der Waals surface area (Å²) in [5.74, 6) is 0. The quantitative estimate of drug-likeness (QED) is 0.148. The van der Waals surface area contributed by atoms with E-state index in [2.05, 4.69) is 266 Å². The van der Waals surface area contributed by atoms with Gasteiger partial charge < -0.3 is 4.90 Å². The second-order valence-corrected chi connectivity index (χ2v) is 16.9. The lowest BCUT2D eigenvalue weighted by Crippen LogP contribution is -2.11. The molecule has 12 rings (SSSR count). The van der Waals surface area contributed by atoms with Gasteiger partial charge in [0.05, 0.1) is 5.69 Å². The van der Waals surface area contributed by atoms with Crippen LogP contribution in [0, 0.1) is 0 Å². The summed E-state index contributed by atoms with van der Waals surface area (Å²) < 4.78 is 0. The lowest BCUT2D eigenvalue weighted by Gasteiger charge is -2.29. The lowest BCUT2D eigenvalue weighted by atomic mass is 9.92. The number of hydrogen-bond acceptors (Lipinski definition) is 1. The number of fused-ring (bicyclic) bond motifs is 4. The summed E-state index contributed by atoms with van der Waals surface area (Å²) in [6.45, 7) is 0. The van der Waals surface area contributed by atoms with Crippen molar-refractivity contribution in [2.24, 2.45) is 0 Å². The second-order valence-electron chi connectivity index (χ2n) is 16.9. The van der Waals surface area contributed by atoms with Crippen LogP contribution < -0.4 is 4.90 Å². The molecular formula is C64H43N. The van der Waals surface area contributed by atoms with Gasteiger partial charge in [-0.15, -0.1) is 0 Å². The van der Waals surface area contributed by atoms with Crippen LogP contribution in [0.4, 0.5) is 17.1 Å². The summed E-state index contributed by atoms with van der Waals surface area (Å²) in [5, 5.41) is 9.90. The van der Waals surface area contributed by atoms with Crippen molar-refractivity contribution < 1.29 is 0 Å². The van der Waals surface area contributed by atoms with Gasteiger partial charge >= 0.3 is 0 Å². The zero-order chi connectivity index (χ0) is 43.1. The average Bonchev–Trinajstić information content (AvgIpc) is 3.38. The first kappa shape index (κ1) is 38.2. The standard InChI is InChI=1S/C64H43N/c1-2-17-50-42-53(30-29-44(50)13-1)52-22-9-21-51(41-52)45-31-36-55(37-32-45)65(56-38-33-49(34-39-56)59-26-10-18-46-14-3-6-23-57(46)59)64-43-54(61-27-11-19-47-15-4-7-24-58(47)61)35-40-63(64)62-28-12-20-48-16-5-8-25-60(48)62/h1-43H. The Bertz CT molecular complexity index is 3700. The molecule has 0 N–H and O–H groups in total. The minimum Gasteiger partial charge on any atom is -0.310 e. The molecule has 0 amide bonds. The molecule has 0 bridgehead atoms. The van der Waals surface area contributed by atoms with Gasteiger partial charge in [0.25, 0.3) is 0 Å². The van der Waals surface area contributed by atoms with Gasteiger partial charge in [-0.3, -0.25) is 0 Å². The van der Waals surface area contributed by atoms with Crippen molar-refractivity contribution in [2.45, 2.75) is 0 Å². The predicted octanol–water partition coefficient (Wildman–Crippen LogP) is 18.1. The van der Waals surface area contributed by atoms with E-state index in [1.807, 2.05) is 0 Å². The normalized spacial score (nSPS) is 11.4. The Labute approximate surface area is 379 Å². The Kier molecular flexibility index (Phi) is 9.58. The number of rotatable bonds is 8. The van der Waals surface area contributed by atoms with Crippen LogP contribution >= 0.6 is 0 Å². The summed E-state index contributed by atoms with van der Waals surface area (Å²) >= 11 is 0. The maximum absolute atomic E-state index is 2.45. The fourth-order valence-corrected chi connectivity index (χ4v) is 9.79. The average molecular weight is 826 g/mol. The first-order chi connectivity index (χ1) is 32.2.